The maximum absolute atomic E-state index is 2.35. The summed E-state index contributed by atoms with van der Waals surface area (Å²) in [5, 5.41) is 1.37. The highest BCUT2D eigenvalue weighted by Gasteiger charge is 2.20. The summed E-state index contributed by atoms with van der Waals surface area (Å²) in [6.45, 7) is 0. The fourth-order valence-corrected chi connectivity index (χ4v) is 5.18. The Morgan fingerprint density at radius 3 is 2.69 bits per heavy atom. The Bertz CT molecular complexity index is 498. The first-order chi connectivity index (χ1) is 7.86. The summed E-state index contributed by atoms with van der Waals surface area (Å²) in [5.41, 5.74) is 2.82. The molecular weight excluding hydrogens is 234 g/mol. The minimum Gasteiger partial charge on any atom is -0.346 e. The standard InChI is InChI=1S/C13H15NS2/c1-14-11-6-3-2-5-10(11)9-12(14)13-15-7-4-8-16-13/h2-3,5-6,9,13H,4,7-8H2,1H3. The molecule has 84 valence electrons. The second-order valence-electron chi connectivity index (χ2n) is 4.11. The first kappa shape index (κ1) is 10.6. The molecule has 3 rings (SSSR count). The fraction of sp³-hybridized carbons (Fsp3) is 0.385. The lowest BCUT2D eigenvalue weighted by Crippen LogP contribution is -2.04. The molecule has 0 radical (unpaired) electrons. The van der Waals surface area contributed by atoms with Crippen molar-refractivity contribution in [2.75, 3.05) is 11.5 Å². The SMILES string of the molecule is Cn1c(C2SCCCS2)cc2ccccc21. The lowest BCUT2D eigenvalue weighted by molar-refractivity contribution is 0.900. The van der Waals surface area contributed by atoms with Crippen molar-refractivity contribution < 1.29 is 0 Å². The van der Waals surface area contributed by atoms with Crippen LogP contribution in [0.2, 0.25) is 0 Å². The third-order valence-electron chi connectivity index (χ3n) is 3.06. The number of hydrogen-bond acceptors (Lipinski definition) is 2. The van der Waals surface area contributed by atoms with Gasteiger partial charge in [-0.15, -0.1) is 23.5 Å². The number of benzene rings is 1. The summed E-state index contributed by atoms with van der Waals surface area (Å²) in [6.07, 6.45) is 1.36. The second-order valence-corrected chi connectivity index (χ2v) is 6.84. The van der Waals surface area contributed by atoms with E-state index in [1.165, 1.54) is 34.5 Å². The summed E-state index contributed by atoms with van der Waals surface area (Å²) >= 11 is 4.18. The topological polar surface area (TPSA) is 4.93 Å². The van der Waals surface area contributed by atoms with E-state index >= 15 is 0 Å². The van der Waals surface area contributed by atoms with Crippen molar-refractivity contribution in [3.05, 3.63) is 36.0 Å². The molecule has 1 saturated heterocycles. The predicted octanol–water partition coefficient (Wildman–Crippen LogP) is 4.05. The van der Waals surface area contributed by atoms with Gasteiger partial charge in [-0.05, 0) is 35.4 Å². The second kappa shape index (κ2) is 4.38. The monoisotopic (exact) mass is 249 g/mol. The summed E-state index contributed by atoms with van der Waals surface area (Å²) in [7, 11) is 2.19. The van der Waals surface area contributed by atoms with E-state index in [0.717, 1.165) is 0 Å². The number of thioether (sulfide) groups is 2. The van der Waals surface area contributed by atoms with Gasteiger partial charge in [-0.25, -0.2) is 0 Å². The maximum atomic E-state index is 2.35. The molecule has 0 amide bonds. The van der Waals surface area contributed by atoms with Crippen LogP contribution < -0.4 is 0 Å². The summed E-state index contributed by atoms with van der Waals surface area (Å²) in [5.74, 6) is 2.61. The number of aryl methyl sites for hydroxylation is 1. The molecule has 16 heavy (non-hydrogen) atoms. The van der Waals surface area contributed by atoms with E-state index in [4.69, 9.17) is 0 Å². The average molecular weight is 249 g/mol. The van der Waals surface area contributed by atoms with Crippen molar-refractivity contribution in [1.82, 2.24) is 4.57 Å². The molecule has 1 fully saturated rings. The molecule has 1 aromatic heterocycles. The van der Waals surface area contributed by atoms with Crippen LogP contribution in [-0.4, -0.2) is 16.1 Å². The van der Waals surface area contributed by atoms with Gasteiger partial charge in [0.05, 0.1) is 4.58 Å². The van der Waals surface area contributed by atoms with Crippen LogP contribution >= 0.6 is 23.5 Å². The fourth-order valence-electron chi connectivity index (χ4n) is 2.19. The van der Waals surface area contributed by atoms with Crippen LogP contribution in [0.1, 0.15) is 16.7 Å². The number of fused-ring (bicyclic) bond motifs is 1. The molecule has 2 aromatic rings. The molecule has 0 N–H and O–H groups in total. The average Bonchev–Trinajstić information content (AvgIpc) is 2.69. The highest BCUT2D eigenvalue weighted by Crippen LogP contribution is 2.44. The number of rotatable bonds is 1. The molecule has 1 aromatic carbocycles. The van der Waals surface area contributed by atoms with Crippen LogP contribution in [0.15, 0.2) is 30.3 Å². The van der Waals surface area contributed by atoms with Gasteiger partial charge in [0.2, 0.25) is 0 Å². The molecule has 0 bridgehead atoms. The lowest BCUT2D eigenvalue weighted by atomic mass is 10.2. The minimum atomic E-state index is 0.631. The molecule has 0 saturated carbocycles. The van der Waals surface area contributed by atoms with E-state index in [0.29, 0.717) is 4.58 Å². The van der Waals surface area contributed by atoms with Gasteiger partial charge in [-0.3, -0.25) is 0 Å². The number of aromatic nitrogens is 1. The molecule has 1 aliphatic heterocycles. The molecule has 0 atom stereocenters. The van der Waals surface area contributed by atoms with Crippen LogP contribution in [0.3, 0.4) is 0 Å². The van der Waals surface area contributed by atoms with Crippen molar-refractivity contribution in [3.8, 4) is 0 Å². The summed E-state index contributed by atoms with van der Waals surface area (Å²) in [6, 6.07) is 11.0. The van der Waals surface area contributed by atoms with Crippen molar-refractivity contribution >= 4 is 34.4 Å². The maximum Gasteiger partial charge on any atom is 0.0902 e. The summed E-state index contributed by atoms with van der Waals surface area (Å²) < 4.78 is 2.98. The molecule has 1 nitrogen and oxygen atoms in total. The van der Waals surface area contributed by atoms with Gasteiger partial charge in [-0.1, -0.05) is 18.2 Å². The van der Waals surface area contributed by atoms with Crippen LogP contribution in [0, 0.1) is 0 Å². The van der Waals surface area contributed by atoms with E-state index in [2.05, 4.69) is 65.5 Å². The van der Waals surface area contributed by atoms with Crippen molar-refractivity contribution in [1.29, 1.82) is 0 Å². The highest BCUT2D eigenvalue weighted by atomic mass is 32.2. The zero-order valence-corrected chi connectivity index (χ0v) is 11.0. The van der Waals surface area contributed by atoms with Gasteiger partial charge < -0.3 is 4.57 Å². The number of nitrogens with zero attached hydrogens (tertiary/aromatic N) is 1. The van der Waals surface area contributed by atoms with E-state index in [1.54, 1.807) is 0 Å². The Morgan fingerprint density at radius 1 is 1.19 bits per heavy atom. The molecule has 3 heteroatoms. The Labute approximate surface area is 105 Å². The first-order valence-corrected chi connectivity index (χ1v) is 7.73. The van der Waals surface area contributed by atoms with E-state index in [-0.39, 0.29) is 0 Å². The third-order valence-corrected chi connectivity index (χ3v) is 6.01. The van der Waals surface area contributed by atoms with E-state index in [9.17, 15) is 0 Å². The Morgan fingerprint density at radius 2 is 1.94 bits per heavy atom. The van der Waals surface area contributed by atoms with Crippen molar-refractivity contribution in [2.24, 2.45) is 7.05 Å². The molecular formula is C13H15NS2. The molecule has 0 spiro atoms. The van der Waals surface area contributed by atoms with E-state index < -0.39 is 0 Å². The Hall–Kier alpha value is -0.540. The quantitative estimate of drug-likeness (QED) is 0.751. The van der Waals surface area contributed by atoms with Gasteiger partial charge in [0.1, 0.15) is 0 Å². The summed E-state index contributed by atoms with van der Waals surface area (Å²) in [4.78, 5) is 0. The van der Waals surface area contributed by atoms with Crippen LogP contribution in [0.25, 0.3) is 10.9 Å². The van der Waals surface area contributed by atoms with Crippen LogP contribution in [0.5, 0.6) is 0 Å². The third kappa shape index (κ3) is 1.76. The lowest BCUT2D eigenvalue weighted by Gasteiger charge is -2.21. The van der Waals surface area contributed by atoms with Crippen molar-refractivity contribution in [2.45, 2.75) is 11.0 Å². The van der Waals surface area contributed by atoms with Gasteiger partial charge in [0.25, 0.3) is 0 Å². The van der Waals surface area contributed by atoms with Gasteiger partial charge >= 0.3 is 0 Å². The van der Waals surface area contributed by atoms with Gasteiger partial charge in [0, 0.05) is 18.3 Å². The van der Waals surface area contributed by atoms with Crippen molar-refractivity contribution in [3.63, 3.8) is 0 Å². The molecule has 0 unspecified atom stereocenters. The first-order valence-electron chi connectivity index (χ1n) is 5.64. The molecule has 1 aliphatic rings. The largest absolute Gasteiger partial charge is 0.346 e. The molecule has 0 aliphatic carbocycles. The van der Waals surface area contributed by atoms with E-state index in [1.807, 2.05) is 0 Å². The Kier molecular flexibility index (Phi) is 2.90. The Balaban J connectivity index is 2.05. The minimum absolute atomic E-state index is 0.631. The zero-order valence-electron chi connectivity index (χ0n) is 9.35. The predicted molar refractivity (Wildman–Crippen MR) is 75.2 cm³/mol. The highest BCUT2D eigenvalue weighted by molar-refractivity contribution is 8.16. The number of hydrogen-bond donors (Lipinski definition) is 0. The van der Waals surface area contributed by atoms with Crippen LogP contribution in [-0.2, 0) is 7.05 Å². The number of para-hydroxylation sites is 1. The van der Waals surface area contributed by atoms with Gasteiger partial charge in [0.15, 0.2) is 0 Å². The van der Waals surface area contributed by atoms with Crippen LogP contribution in [0.4, 0.5) is 0 Å². The van der Waals surface area contributed by atoms with Gasteiger partial charge in [-0.2, -0.15) is 0 Å². The zero-order chi connectivity index (χ0) is 11.0. The molecule has 2 heterocycles. The smallest absolute Gasteiger partial charge is 0.0902 e. The normalized spacial score (nSPS) is 18.1.